The Morgan fingerprint density at radius 1 is 1.17 bits per heavy atom. The van der Waals surface area contributed by atoms with E-state index in [1.54, 1.807) is 12.1 Å². The third-order valence-corrected chi connectivity index (χ3v) is 5.32. The van der Waals surface area contributed by atoms with E-state index in [0.717, 1.165) is 30.5 Å². The molecule has 0 saturated carbocycles. The van der Waals surface area contributed by atoms with Crippen molar-refractivity contribution in [1.29, 1.82) is 0 Å². The zero-order valence-corrected chi connectivity index (χ0v) is 16.3. The van der Waals surface area contributed by atoms with E-state index in [2.05, 4.69) is 22.4 Å². The number of rotatable bonds is 4. The van der Waals surface area contributed by atoms with Crippen LogP contribution in [0.3, 0.4) is 0 Å². The van der Waals surface area contributed by atoms with Gasteiger partial charge in [-0.25, -0.2) is 9.18 Å². The maximum absolute atomic E-state index is 13.1. The molecule has 2 aromatic carbocycles. The molecule has 3 aromatic rings. The molecule has 29 heavy (non-hydrogen) atoms. The van der Waals surface area contributed by atoms with Crippen molar-refractivity contribution in [2.45, 2.75) is 32.1 Å². The molecule has 0 bridgehead atoms. The molecule has 1 fully saturated rings. The molecule has 1 N–H and O–H groups in total. The van der Waals surface area contributed by atoms with Gasteiger partial charge in [-0.15, -0.1) is 0 Å². The van der Waals surface area contributed by atoms with Crippen LogP contribution in [0.4, 0.5) is 14.9 Å². The third kappa shape index (κ3) is 4.29. The van der Waals surface area contributed by atoms with Gasteiger partial charge in [0.25, 0.3) is 0 Å². The summed E-state index contributed by atoms with van der Waals surface area (Å²) in [6.07, 6.45) is 2.38. The minimum absolute atomic E-state index is 0.0816. The number of hydrogen-bond donors (Lipinski definition) is 1. The minimum Gasteiger partial charge on any atom is -0.339 e. The second-order valence-corrected chi connectivity index (χ2v) is 7.17. The number of aryl methyl sites for hydroxylation is 1. The molecule has 2 heterocycles. The lowest BCUT2D eigenvalue weighted by atomic mass is 9.97. The number of benzene rings is 2. The molecule has 6 nitrogen and oxygen atoms in total. The molecule has 1 saturated heterocycles. The van der Waals surface area contributed by atoms with Crippen molar-refractivity contribution in [1.82, 2.24) is 15.0 Å². The standard InChI is InChI=1S/C22H23FN4O2/c1-2-15-5-3-4-6-19(15)24-22(28)27-13-11-17(12-14-27)21-25-20(26-29-21)16-7-9-18(23)10-8-16/h3-10,17H,2,11-14H2,1H3,(H,24,28). The van der Waals surface area contributed by atoms with Crippen molar-refractivity contribution in [2.24, 2.45) is 0 Å². The number of likely N-dealkylation sites (tertiary alicyclic amines) is 1. The van der Waals surface area contributed by atoms with Crippen molar-refractivity contribution in [3.05, 3.63) is 65.8 Å². The number of halogens is 1. The molecule has 1 aliphatic heterocycles. The predicted octanol–water partition coefficient (Wildman–Crippen LogP) is 4.85. The Balaban J connectivity index is 1.36. The van der Waals surface area contributed by atoms with Crippen LogP contribution in [0.2, 0.25) is 0 Å². The summed E-state index contributed by atoms with van der Waals surface area (Å²) in [5, 5.41) is 7.04. The predicted molar refractivity (Wildman–Crippen MR) is 108 cm³/mol. The number of piperidine rings is 1. The Kier molecular flexibility index (Phi) is 5.55. The van der Waals surface area contributed by atoms with E-state index >= 15 is 0 Å². The van der Waals surface area contributed by atoms with Crippen molar-refractivity contribution >= 4 is 11.7 Å². The van der Waals surface area contributed by atoms with Gasteiger partial charge in [0.2, 0.25) is 11.7 Å². The number of carbonyl (C=O) groups is 1. The molecular weight excluding hydrogens is 371 g/mol. The summed E-state index contributed by atoms with van der Waals surface area (Å²) < 4.78 is 18.5. The number of nitrogens with zero attached hydrogens (tertiary/aromatic N) is 3. The molecule has 7 heteroatoms. The highest BCUT2D eigenvalue weighted by Crippen LogP contribution is 2.29. The van der Waals surface area contributed by atoms with Crippen LogP contribution in [0, 0.1) is 5.82 Å². The molecular formula is C22H23FN4O2. The van der Waals surface area contributed by atoms with Crippen LogP contribution in [-0.4, -0.2) is 34.2 Å². The highest BCUT2D eigenvalue weighted by atomic mass is 19.1. The monoisotopic (exact) mass is 394 g/mol. The summed E-state index contributed by atoms with van der Waals surface area (Å²) in [6.45, 7) is 3.32. The number of anilines is 1. The van der Waals surface area contributed by atoms with Crippen molar-refractivity contribution < 1.29 is 13.7 Å². The van der Waals surface area contributed by atoms with Gasteiger partial charge in [0.05, 0.1) is 0 Å². The number of aromatic nitrogens is 2. The number of carbonyl (C=O) groups excluding carboxylic acids is 1. The zero-order valence-electron chi connectivity index (χ0n) is 16.3. The highest BCUT2D eigenvalue weighted by molar-refractivity contribution is 5.90. The summed E-state index contributed by atoms with van der Waals surface area (Å²) in [5.74, 6) is 0.838. The first-order valence-corrected chi connectivity index (χ1v) is 9.87. The third-order valence-electron chi connectivity index (χ3n) is 5.32. The number of para-hydroxylation sites is 1. The van der Waals surface area contributed by atoms with E-state index < -0.39 is 0 Å². The van der Waals surface area contributed by atoms with Crippen LogP contribution in [0.1, 0.15) is 37.1 Å². The van der Waals surface area contributed by atoms with E-state index in [9.17, 15) is 9.18 Å². The Morgan fingerprint density at radius 3 is 2.62 bits per heavy atom. The maximum atomic E-state index is 13.1. The Bertz CT molecular complexity index is 978. The van der Waals surface area contributed by atoms with E-state index in [1.165, 1.54) is 12.1 Å². The fourth-order valence-corrected chi connectivity index (χ4v) is 3.59. The summed E-state index contributed by atoms with van der Waals surface area (Å²) in [5.41, 5.74) is 2.70. The van der Waals surface area contributed by atoms with Gasteiger partial charge >= 0.3 is 6.03 Å². The number of hydrogen-bond acceptors (Lipinski definition) is 4. The average molecular weight is 394 g/mol. The second-order valence-electron chi connectivity index (χ2n) is 7.17. The van der Waals surface area contributed by atoms with Crippen molar-refractivity contribution in [2.75, 3.05) is 18.4 Å². The number of urea groups is 1. The van der Waals surface area contributed by atoms with Gasteiger partial charge < -0.3 is 14.7 Å². The van der Waals surface area contributed by atoms with Gasteiger partial charge in [-0.05, 0) is 55.2 Å². The van der Waals surface area contributed by atoms with Crippen LogP contribution in [0.15, 0.2) is 53.1 Å². The molecule has 0 spiro atoms. The fraction of sp³-hybridized carbons (Fsp3) is 0.318. The number of amides is 2. The maximum Gasteiger partial charge on any atom is 0.321 e. The van der Waals surface area contributed by atoms with Gasteiger partial charge in [0.15, 0.2) is 0 Å². The zero-order chi connectivity index (χ0) is 20.2. The largest absolute Gasteiger partial charge is 0.339 e. The fourth-order valence-electron chi connectivity index (χ4n) is 3.59. The summed E-state index contributed by atoms with van der Waals surface area (Å²) in [7, 11) is 0. The van der Waals surface area contributed by atoms with Crippen LogP contribution < -0.4 is 5.32 Å². The van der Waals surface area contributed by atoms with E-state index in [4.69, 9.17) is 4.52 Å². The molecule has 2 amide bonds. The van der Waals surface area contributed by atoms with Crippen LogP contribution in [0.25, 0.3) is 11.4 Å². The first-order chi connectivity index (χ1) is 14.1. The van der Waals surface area contributed by atoms with Crippen LogP contribution in [0.5, 0.6) is 0 Å². The van der Waals surface area contributed by atoms with E-state index in [-0.39, 0.29) is 17.8 Å². The van der Waals surface area contributed by atoms with Crippen molar-refractivity contribution in [3.63, 3.8) is 0 Å². The normalized spacial score (nSPS) is 14.8. The molecule has 0 atom stereocenters. The van der Waals surface area contributed by atoms with Crippen LogP contribution >= 0.6 is 0 Å². The topological polar surface area (TPSA) is 71.3 Å². The minimum atomic E-state index is -0.301. The Hall–Kier alpha value is -3.22. The smallest absolute Gasteiger partial charge is 0.321 e. The van der Waals surface area contributed by atoms with Gasteiger partial charge in [0.1, 0.15) is 5.82 Å². The molecule has 4 rings (SSSR count). The van der Waals surface area contributed by atoms with Gasteiger partial charge in [-0.3, -0.25) is 0 Å². The lowest BCUT2D eigenvalue weighted by molar-refractivity contribution is 0.187. The molecule has 1 aromatic heterocycles. The lowest BCUT2D eigenvalue weighted by Gasteiger charge is -2.30. The molecule has 1 aliphatic rings. The first-order valence-electron chi connectivity index (χ1n) is 9.87. The van der Waals surface area contributed by atoms with Gasteiger partial charge in [0, 0.05) is 30.3 Å². The number of nitrogens with one attached hydrogen (secondary N) is 1. The summed E-state index contributed by atoms with van der Waals surface area (Å²) in [4.78, 5) is 18.9. The van der Waals surface area contributed by atoms with E-state index in [1.807, 2.05) is 29.2 Å². The van der Waals surface area contributed by atoms with E-state index in [0.29, 0.717) is 30.4 Å². The molecule has 0 aliphatic carbocycles. The van der Waals surface area contributed by atoms with Gasteiger partial charge in [-0.1, -0.05) is 30.3 Å². The van der Waals surface area contributed by atoms with Crippen LogP contribution in [-0.2, 0) is 6.42 Å². The lowest BCUT2D eigenvalue weighted by Crippen LogP contribution is -2.40. The Labute approximate surface area is 168 Å². The second kappa shape index (κ2) is 8.43. The molecule has 150 valence electrons. The van der Waals surface area contributed by atoms with Crippen molar-refractivity contribution in [3.8, 4) is 11.4 Å². The van der Waals surface area contributed by atoms with Gasteiger partial charge in [-0.2, -0.15) is 4.98 Å². The molecule has 0 unspecified atom stereocenters. The summed E-state index contributed by atoms with van der Waals surface area (Å²) in [6, 6.07) is 13.8. The SMILES string of the molecule is CCc1ccccc1NC(=O)N1CCC(c2nc(-c3ccc(F)cc3)no2)CC1. The quantitative estimate of drug-likeness (QED) is 0.687. The summed E-state index contributed by atoms with van der Waals surface area (Å²) >= 11 is 0. The Morgan fingerprint density at radius 2 is 1.90 bits per heavy atom. The first kappa shape index (κ1) is 19.1. The highest BCUT2D eigenvalue weighted by Gasteiger charge is 2.28. The molecule has 0 radical (unpaired) electrons. The average Bonchev–Trinajstić information content (AvgIpc) is 3.25.